The molecule has 6 nitrogen and oxygen atoms in total. The van der Waals surface area contributed by atoms with Gasteiger partial charge in [-0.1, -0.05) is 18.2 Å². The molecule has 0 bridgehead atoms. The predicted molar refractivity (Wildman–Crippen MR) is 90.1 cm³/mol. The van der Waals surface area contributed by atoms with Gasteiger partial charge in [0, 0.05) is 24.6 Å². The summed E-state index contributed by atoms with van der Waals surface area (Å²) in [5.74, 6) is 0.289. The number of nitrogens with one attached hydrogen (secondary N) is 2. The van der Waals surface area contributed by atoms with E-state index < -0.39 is 11.6 Å². The number of ether oxygens (including phenoxy) is 1. The average Bonchev–Trinajstić information content (AvgIpc) is 2.46. The molecule has 0 radical (unpaired) electrons. The van der Waals surface area contributed by atoms with E-state index in [0.29, 0.717) is 18.9 Å². The zero-order valence-corrected chi connectivity index (χ0v) is 14.3. The van der Waals surface area contributed by atoms with Crippen molar-refractivity contribution in [3.05, 3.63) is 29.8 Å². The summed E-state index contributed by atoms with van der Waals surface area (Å²) in [6.45, 7) is 7.87. The number of hydrogen-bond donors (Lipinski definition) is 3. The Bertz CT molecular complexity index is 544. The standard InChI is InChI=1S/C17H27N3O3/c1-5-23-15-9-7-6-8-13(15)14(19-12(2)21)10-16(22)20-17(3,4)11-18/h6-9,14H,5,10-11,18H2,1-4H3,(H,19,21)(H,20,22). The molecule has 1 aromatic carbocycles. The fraction of sp³-hybridized carbons (Fsp3) is 0.529. The summed E-state index contributed by atoms with van der Waals surface area (Å²) >= 11 is 0. The van der Waals surface area contributed by atoms with Crippen LogP contribution in [0.4, 0.5) is 0 Å². The molecule has 1 aromatic rings. The molecular formula is C17H27N3O3. The summed E-state index contributed by atoms with van der Waals surface area (Å²) in [6.07, 6.45) is 0.118. The highest BCUT2D eigenvalue weighted by Crippen LogP contribution is 2.27. The van der Waals surface area contributed by atoms with Crippen molar-refractivity contribution < 1.29 is 14.3 Å². The van der Waals surface area contributed by atoms with Crippen LogP contribution >= 0.6 is 0 Å². The molecule has 0 saturated heterocycles. The quantitative estimate of drug-likeness (QED) is 0.676. The van der Waals surface area contributed by atoms with Crippen molar-refractivity contribution in [2.24, 2.45) is 5.73 Å². The van der Waals surface area contributed by atoms with Gasteiger partial charge in [0.1, 0.15) is 5.75 Å². The second-order valence-electron chi connectivity index (χ2n) is 6.06. The summed E-state index contributed by atoms with van der Waals surface area (Å²) in [4.78, 5) is 23.8. The number of rotatable bonds is 8. The maximum absolute atomic E-state index is 12.3. The van der Waals surface area contributed by atoms with Gasteiger partial charge in [0.15, 0.2) is 0 Å². The van der Waals surface area contributed by atoms with Crippen LogP contribution in [0.1, 0.15) is 45.7 Å². The van der Waals surface area contributed by atoms with Crippen LogP contribution in [0, 0.1) is 0 Å². The maximum atomic E-state index is 12.3. The van der Waals surface area contributed by atoms with Gasteiger partial charge >= 0.3 is 0 Å². The normalized spacial score (nSPS) is 12.4. The lowest BCUT2D eigenvalue weighted by Gasteiger charge is -2.26. The minimum absolute atomic E-state index is 0.118. The molecule has 0 fully saturated rings. The van der Waals surface area contributed by atoms with E-state index in [0.717, 1.165) is 5.56 Å². The monoisotopic (exact) mass is 321 g/mol. The first-order valence-electron chi connectivity index (χ1n) is 7.79. The molecule has 23 heavy (non-hydrogen) atoms. The third-order valence-corrected chi connectivity index (χ3v) is 3.35. The molecule has 0 aromatic heterocycles. The van der Waals surface area contributed by atoms with Gasteiger partial charge < -0.3 is 21.1 Å². The summed E-state index contributed by atoms with van der Waals surface area (Å²) in [7, 11) is 0. The van der Waals surface area contributed by atoms with Gasteiger partial charge in [-0.25, -0.2) is 0 Å². The number of benzene rings is 1. The molecule has 2 amide bonds. The van der Waals surface area contributed by atoms with Crippen LogP contribution in [-0.4, -0.2) is 30.5 Å². The fourth-order valence-corrected chi connectivity index (χ4v) is 2.20. The van der Waals surface area contributed by atoms with E-state index in [-0.39, 0.29) is 18.2 Å². The SMILES string of the molecule is CCOc1ccccc1C(CC(=O)NC(C)(C)CN)NC(C)=O. The van der Waals surface area contributed by atoms with Gasteiger partial charge in [-0.2, -0.15) is 0 Å². The molecule has 1 atom stereocenters. The highest BCUT2D eigenvalue weighted by Gasteiger charge is 2.24. The minimum atomic E-state index is -0.489. The van der Waals surface area contributed by atoms with Gasteiger partial charge in [0.2, 0.25) is 11.8 Å². The molecule has 0 aliphatic rings. The number of amides is 2. The Morgan fingerprint density at radius 3 is 2.52 bits per heavy atom. The third-order valence-electron chi connectivity index (χ3n) is 3.35. The lowest BCUT2D eigenvalue weighted by atomic mass is 10.00. The highest BCUT2D eigenvalue weighted by molar-refractivity contribution is 5.79. The number of carbonyl (C=O) groups is 2. The zero-order valence-electron chi connectivity index (χ0n) is 14.3. The first kappa shape index (κ1) is 19.0. The molecule has 0 aliphatic carbocycles. The van der Waals surface area contributed by atoms with Gasteiger partial charge in [-0.05, 0) is 26.8 Å². The highest BCUT2D eigenvalue weighted by atomic mass is 16.5. The van der Waals surface area contributed by atoms with E-state index in [4.69, 9.17) is 10.5 Å². The average molecular weight is 321 g/mol. The second-order valence-corrected chi connectivity index (χ2v) is 6.06. The van der Waals surface area contributed by atoms with Gasteiger partial charge in [0.25, 0.3) is 0 Å². The van der Waals surface area contributed by atoms with Crippen molar-refractivity contribution >= 4 is 11.8 Å². The molecule has 0 spiro atoms. The van der Waals surface area contributed by atoms with Crippen LogP contribution in [0.3, 0.4) is 0 Å². The van der Waals surface area contributed by atoms with Crippen LogP contribution in [0.2, 0.25) is 0 Å². The van der Waals surface area contributed by atoms with Crippen molar-refractivity contribution in [1.29, 1.82) is 0 Å². The molecule has 0 aliphatic heterocycles. The summed E-state index contributed by atoms with van der Waals surface area (Å²) in [6, 6.07) is 6.94. The van der Waals surface area contributed by atoms with Crippen molar-refractivity contribution in [2.45, 2.75) is 45.7 Å². The maximum Gasteiger partial charge on any atom is 0.222 e. The number of carbonyl (C=O) groups excluding carboxylic acids is 2. The van der Waals surface area contributed by atoms with E-state index in [1.807, 2.05) is 45.0 Å². The first-order valence-corrected chi connectivity index (χ1v) is 7.79. The van der Waals surface area contributed by atoms with Crippen LogP contribution < -0.4 is 21.1 Å². The van der Waals surface area contributed by atoms with Gasteiger partial charge in [0.05, 0.1) is 19.1 Å². The summed E-state index contributed by atoms with van der Waals surface area (Å²) in [5.41, 5.74) is 5.93. The van der Waals surface area contributed by atoms with Gasteiger partial charge in [-0.3, -0.25) is 9.59 Å². The van der Waals surface area contributed by atoms with Crippen LogP contribution in [-0.2, 0) is 9.59 Å². The lowest BCUT2D eigenvalue weighted by molar-refractivity contribution is -0.124. The van der Waals surface area contributed by atoms with Crippen LogP contribution in [0.5, 0.6) is 5.75 Å². The number of hydrogen-bond acceptors (Lipinski definition) is 4. The number of nitrogens with two attached hydrogens (primary N) is 1. The van der Waals surface area contributed by atoms with E-state index in [9.17, 15) is 9.59 Å². The van der Waals surface area contributed by atoms with Gasteiger partial charge in [-0.15, -0.1) is 0 Å². The Labute approximate surface area is 137 Å². The first-order chi connectivity index (χ1) is 10.8. The Hall–Kier alpha value is -2.08. The summed E-state index contributed by atoms with van der Waals surface area (Å²) < 4.78 is 5.60. The Morgan fingerprint density at radius 1 is 1.30 bits per heavy atom. The zero-order chi connectivity index (χ0) is 17.5. The molecular weight excluding hydrogens is 294 g/mol. The minimum Gasteiger partial charge on any atom is -0.494 e. The summed E-state index contributed by atoms with van der Waals surface area (Å²) in [5, 5.41) is 5.69. The lowest BCUT2D eigenvalue weighted by Crippen LogP contribution is -2.49. The van der Waals surface area contributed by atoms with Crippen LogP contribution in [0.15, 0.2) is 24.3 Å². The smallest absolute Gasteiger partial charge is 0.222 e. The van der Waals surface area contributed by atoms with Crippen molar-refractivity contribution in [2.75, 3.05) is 13.2 Å². The van der Waals surface area contributed by atoms with Crippen molar-refractivity contribution in [1.82, 2.24) is 10.6 Å². The topological polar surface area (TPSA) is 93.4 Å². The molecule has 1 unspecified atom stereocenters. The van der Waals surface area contributed by atoms with E-state index in [1.54, 1.807) is 0 Å². The fourth-order valence-electron chi connectivity index (χ4n) is 2.20. The van der Waals surface area contributed by atoms with E-state index in [1.165, 1.54) is 6.92 Å². The third kappa shape index (κ3) is 6.28. The largest absolute Gasteiger partial charge is 0.494 e. The molecule has 1 rings (SSSR count). The Kier molecular flexibility index (Phi) is 7.03. The van der Waals surface area contributed by atoms with Crippen molar-refractivity contribution in [3.63, 3.8) is 0 Å². The Balaban J connectivity index is 2.97. The van der Waals surface area contributed by atoms with E-state index in [2.05, 4.69) is 10.6 Å². The molecule has 128 valence electrons. The number of para-hydroxylation sites is 1. The van der Waals surface area contributed by atoms with Crippen molar-refractivity contribution in [3.8, 4) is 5.75 Å². The second kappa shape index (κ2) is 8.53. The molecule has 6 heteroatoms. The van der Waals surface area contributed by atoms with E-state index >= 15 is 0 Å². The Morgan fingerprint density at radius 2 is 1.96 bits per heavy atom. The molecule has 4 N–H and O–H groups in total. The van der Waals surface area contributed by atoms with Crippen LogP contribution in [0.25, 0.3) is 0 Å². The molecule has 0 saturated carbocycles. The molecule has 0 heterocycles. The predicted octanol–water partition coefficient (Wildman–Crippen LogP) is 1.51.